The van der Waals surface area contributed by atoms with Gasteiger partial charge in [0.15, 0.2) is 0 Å². The van der Waals surface area contributed by atoms with Crippen molar-refractivity contribution in [1.82, 2.24) is 0 Å². The van der Waals surface area contributed by atoms with Crippen molar-refractivity contribution in [3.8, 4) is 11.5 Å². The normalized spacial score (nSPS) is 10.5. The van der Waals surface area contributed by atoms with Crippen molar-refractivity contribution in [2.24, 2.45) is 5.92 Å². The Kier molecular flexibility index (Phi) is 8.35. The predicted molar refractivity (Wildman–Crippen MR) is 126 cm³/mol. The summed E-state index contributed by atoms with van der Waals surface area (Å²) < 4.78 is 11.5. The van der Waals surface area contributed by atoms with E-state index in [2.05, 4.69) is 24.5 Å². The molecule has 0 saturated carbocycles. The number of anilines is 2. The molecule has 0 heterocycles. The van der Waals surface area contributed by atoms with Gasteiger partial charge in [-0.1, -0.05) is 50.2 Å². The van der Waals surface area contributed by atoms with Crippen LogP contribution in [0.15, 0.2) is 78.9 Å². The molecule has 0 radical (unpaired) electrons. The first-order valence-corrected chi connectivity index (χ1v) is 10.6. The van der Waals surface area contributed by atoms with Gasteiger partial charge >= 0.3 is 0 Å². The second-order valence-electron chi connectivity index (χ2n) is 7.76. The van der Waals surface area contributed by atoms with Gasteiger partial charge in [-0.25, -0.2) is 0 Å². The Bertz CT molecular complexity index is 940. The van der Waals surface area contributed by atoms with Crippen LogP contribution >= 0.6 is 0 Å². The van der Waals surface area contributed by atoms with E-state index in [0.717, 1.165) is 34.9 Å². The van der Waals surface area contributed by atoms with Gasteiger partial charge in [0.2, 0.25) is 5.91 Å². The Labute approximate surface area is 184 Å². The Hall–Kier alpha value is -3.47. The molecule has 0 aliphatic heterocycles. The molecule has 162 valence electrons. The van der Waals surface area contributed by atoms with E-state index in [0.29, 0.717) is 19.1 Å². The smallest absolute Gasteiger partial charge is 0.243 e. The monoisotopic (exact) mass is 418 g/mol. The zero-order valence-corrected chi connectivity index (χ0v) is 18.1. The maximum Gasteiger partial charge on any atom is 0.243 e. The largest absolute Gasteiger partial charge is 0.494 e. The Morgan fingerprint density at radius 3 is 2.35 bits per heavy atom. The molecular formula is C26H30N2O3. The first kappa shape index (κ1) is 22.2. The number of carbonyl (C=O) groups excluding carboxylic acids is 1. The third-order valence-electron chi connectivity index (χ3n) is 4.64. The van der Waals surface area contributed by atoms with Crippen LogP contribution in [0, 0.1) is 5.92 Å². The summed E-state index contributed by atoms with van der Waals surface area (Å²) in [4.78, 5) is 12.3. The Balaban J connectivity index is 1.43. The molecule has 1 amide bonds. The van der Waals surface area contributed by atoms with Crippen molar-refractivity contribution in [3.05, 3.63) is 84.4 Å². The van der Waals surface area contributed by atoms with Gasteiger partial charge < -0.3 is 20.1 Å². The topological polar surface area (TPSA) is 59.6 Å². The molecule has 0 unspecified atom stereocenters. The van der Waals surface area contributed by atoms with E-state index in [-0.39, 0.29) is 12.5 Å². The van der Waals surface area contributed by atoms with Gasteiger partial charge in [0.25, 0.3) is 0 Å². The van der Waals surface area contributed by atoms with Crippen LogP contribution in [0.1, 0.15) is 25.8 Å². The Morgan fingerprint density at radius 1 is 0.839 bits per heavy atom. The van der Waals surface area contributed by atoms with Crippen molar-refractivity contribution in [2.45, 2.75) is 26.9 Å². The molecule has 0 saturated heterocycles. The predicted octanol–water partition coefficient (Wildman–Crippen LogP) is 5.74. The molecule has 5 heteroatoms. The van der Waals surface area contributed by atoms with E-state index in [9.17, 15) is 4.79 Å². The molecule has 0 spiro atoms. The van der Waals surface area contributed by atoms with Crippen molar-refractivity contribution in [1.29, 1.82) is 0 Å². The van der Waals surface area contributed by atoms with Crippen LogP contribution in [-0.2, 0) is 11.4 Å². The lowest BCUT2D eigenvalue weighted by Crippen LogP contribution is -2.21. The van der Waals surface area contributed by atoms with Gasteiger partial charge in [0.05, 0.1) is 13.2 Å². The zero-order chi connectivity index (χ0) is 21.9. The lowest BCUT2D eigenvalue weighted by atomic mass is 10.1. The van der Waals surface area contributed by atoms with Gasteiger partial charge in [-0.15, -0.1) is 0 Å². The van der Waals surface area contributed by atoms with E-state index in [1.54, 1.807) is 0 Å². The van der Waals surface area contributed by atoms with Gasteiger partial charge in [0, 0.05) is 17.4 Å². The molecule has 0 aliphatic rings. The maximum atomic E-state index is 12.3. The van der Waals surface area contributed by atoms with Crippen LogP contribution in [0.25, 0.3) is 0 Å². The molecule has 0 aliphatic carbocycles. The lowest BCUT2D eigenvalue weighted by Gasteiger charge is -2.11. The highest BCUT2D eigenvalue weighted by Gasteiger charge is 2.04. The summed E-state index contributed by atoms with van der Waals surface area (Å²) in [6.45, 7) is 5.70. The minimum absolute atomic E-state index is 0.121. The minimum atomic E-state index is -0.121. The number of amides is 1. The summed E-state index contributed by atoms with van der Waals surface area (Å²) >= 11 is 0. The van der Waals surface area contributed by atoms with Gasteiger partial charge in [-0.3, -0.25) is 4.79 Å². The summed E-state index contributed by atoms with van der Waals surface area (Å²) in [7, 11) is 0. The molecular weight excluding hydrogens is 388 g/mol. The second-order valence-corrected chi connectivity index (χ2v) is 7.76. The number of nitrogens with one attached hydrogen (secondary N) is 2. The van der Waals surface area contributed by atoms with Crippen LogP contribution in [0.2, 0.25) is 0 Å². The fourth-order valence-electron chi connectivity index (χ4n) is 2.87. The van der Waals surface area contributed by atoms with E-state index in [4.69, 9.17) is 9.47 Å². The fraction of sp³-hybridized carbons (Fsp3) is 0.269. The highest BCUT2D eigenvalue weighted by Crippen LogP contribution is 2.19. The van der Waals surface area contributed by atoms with Crippen LogP contribution in [0.3, 0.4) is 0 Å². The molecule has 3 rings (SSSR count). The second kappa shape index (κ2) is 11.6. The molecule has 3 aromatic carbocycles. The average molecular weight is 419 g/mol. The Morgan fingerprint density at radius 2 is 1.61 bits per heavy atom. The third kappa shape index (κ3) is 8.05. The number of hydrogen-bond acceptors (Lipinski definition) is 4. The van der Waals surface area contributed by atoms with E-state index >= 15 is 0 Å². The molecule has 31 heavy (non-hydrogen) atoms. The number of hydrogen-bond donors (Lipinski definition) is 2. The quantitative estimate of drug-likeness (QED) is 0.417. The molecule has 0 bridgehead atoms. The number of ether oxygens (including phenoxy) is 2. The molecule has 5 nitrogen and oxygen atoms in total. The van der Waals surface area contributed by atoms with Gasteiger partial charge in [0.1, 0.15) is 18.1 Å². The van der Waals surface area contributed by atoms with Crippen molar-refractivity contribution in [2.75, 3.05) is 23.8 Å². The SMILES string of the molecule is CC(C)CCOc1ccc(NC(=O)CNc2cccc(OCc3ccccc3)c2)cc1. The van der Waals surface area contributed by atoms with Crippen LogP contribution in [0.5, 0.6) is 11.5 Å². The molecule has 0 atom stereocenters. The summed E-state index contributed by atoms with van der Waals surface area (Å²) in [6.07, 6.45) is 1.02. The van der Waals surface area contributed by atoms with Crippen LogP contribution in [-0.4, -0.2) is 19.1 Å². The van der Waals surface area contributed by atoms with Crippen LogP contribution in [0.4, 0.5) is 11.4 Å². The zero-order valence-electron chi connectivity index (χ0n) is 18.1. The minimum Gasteiger partial charge on any atom is -0.494 e. The highest BCUT2D eigenvalue weighted by atomic mass is 16.5. The van der Waals surface area contributed by atoms with Gasteiger partial charge in [-0.2, -0.15) is 0 Å². The van der Waals surface area contributed by atoms with Gasteiger partial charge in [-0.05, 0) is 54.3 Å². The highest BCUT2D eigenvalue weighted by molar-refractivity contribution is 5.93. The fourth-order valence-corrected chi connectivity index (χ4v) is 2.87. The number of carbonyl (C=O) groups is 1. The van der Waals surface area contributed by atoms with Crippen LogP contribution < -0.4 is 20.1 Å². The molecule has 0 fully saturated rings. The summed E-state index contributed by atoms with van der Waals surface area (Å²) in [6, 6.07) is 25.0. The third-order valence-corrected chi connectivity index (χ3v) is 4.64. The maximum absolute atomic E-state index is 12.3. The summed E-state index contributed by atoms with van der Waals surface area (Å²) in [5, 5.41) is 6.02. The summed E-state index contributed by atoms with van der Waals surface area (Å²) in [5.41, 5.74) is 2.68. The van der Waals surface area contributed by atoms with E-state index in [1.165, 1.54) is 0 Å². The number of benzene rings is 3. The van der Waals surface area contributed by atoms with E-state index < -0.39 is 0 Å². The molecule has 0 aromatic heterocycles. The lowest BCUT2D eigenvalue weighted by molar-refractivity contribution is -0.114. The van der Waals surface area contributed by atoms with Crippen molar-refractivity contribution in [3.63, 3.8) is 0 Å². The average Bonchev–Trinajstić information content (AvgIpc) is 2.78. The first-order valence-electron chi connectivity index (χ1n) is 10.6. The molecule has 3 aromatic rings. The number of rotatable bonds is 11. The van der Waals surface area contributed by atoms with Crippen molar-refractivity contribution < 1.29 is 14.3 Å². The first-order chi connectivity index (χ1) is 15.1. The van der Waals surface area contributed by atoms with Crippen molar-refractivity contribution >= 4 is 17.3 Å². The van der Waals surface area contributed by atoms with E-state index in [1.807, 2.05) is 78.9 Å². The summed E-state index contributed by atoms with van der Waals surface area (Å²) in [5.74, 6) is 2.05. The molecule has 2 N–H and O–H groups in total. The standard InChI is InChI=1S/C26H30N2O3/c1-20(2)15-16-30-24-13-11-22(12-14-24)28-26(29)18-27-23-9-6-10-25(17-23)31-19-21-7-4-3-5-8-21/h3-14,17,20,27H,15-16,18-19H2,1-2H3,(H,28,29).